The fraction of sp³-hybridized carbons (Fsp3) is 0.318. The highest BCUT2D eigenvalue weighted by atomic mass is 16.5. The maximum absolute atomic E-state index is 10.5. The summed E-state index contributed by atoms with van der Waals surface area (Å²) in [6, 6.07) is 15.5. The molecule has 1 aliphatic rings. The zero-order chi connectivity index (χ0) is 18.5. The van der Waals surface area contributed by atoms with Gasteiger partial charge in [0.2, 0.25) is 0 Å². The van der Waals surface area contributed by atoms with Crippen LogP contribution in [0.5, 0.6) is 11.5 Å². The molecule has 1 aliphatic heterocycles. The molecule has 1 saturated heterocycles. The Kier molecular flexibility index (Phi) is 5.39. The maximum Gasteiger partial charge on any atom is 0.137 e. The number of aromatic hydroxyl groups is 1. The minimum Gasteiger partial charge on any atom is -0.507 e. The van der Waals surface area contributed by atoms with Crippen molar-refractivity contribution in [3.05, 3.63) is 54.7 Å². The van der Waals surface area contributed by atoms with Gasteiger partial charge in [0.25, 0.3) is 0 Å². The number of aromatic amines is 1. The molecular formula is C22H26N3O2+. The number of benzene rings is 2. The van der Waals surface area contributed by atoms with E-state index in [1.807, 2.05) is 42.5 Å². The molecule has 5 nitrogen and oxygen atoms in total. The first kappa shape index (κ1) is 17.6. The molecule has 0 amide bonds. The third-order valence-electron chi connectivity index (χ3n) is 5.25. The lowest BCUT2D eigenvalue weighted by Crippen LogP contribution is -3.13. The van der Waals surface area contributed by atoms with Crippen LogP contribution in [-0.4, -0.2) is 41.5 Å². The number of piperidine rings is 1. The van der Waals surface area contributed by atoms with Crippen molar-refractivity contribution in [1.82, 2.24) is 10.2 Å². The predicted octanol–water partition coefficient (Wildman–Crippen LogP) is 2.90. The molecule has 1 fully saturated rings. The van der Waals surface area contributed by atoms with E-state index >= 15 is 0 Å². The third kappa shape index (κ3) is 4.14. The Morgan fingerprint density at radius 1 is 1.00 bits per heavy atom. The van der Waals surface area contributed by atoms with Crippen LogP contribution in [-0.2, 0) is 0 Å². The zero-order valence-electron chi connectivity index (χ0n) is 15.4. The first-order valence-corrected chi connectivity index (χ1v) is 9.70. The average Bonchev–Trinajstić information content (AvgIpc) is 3.19. The van der Waals surface area contributed by atoms with E-state index in [-0.39, 0.29) is 5.75 Å². The molecule has 27 heavy (non-hydrogen) atoms. The van der Waals surface area contributed by atoms with Crippen LogP contribution in [0.1, 0.15) is 19.3 Å². The van der Waals surface area contributed by atoms with E-state index in [4.69, 9.17) is 4.74 Å². The number of phenols is 1. The first-order chi connectivity index (χ1) is 13.3. The molecule has 2 heterocycles. The summed E-state index contributed by atoms with van der Waals surface area (Å²) in [7, 11) is 0. The number of likely N-dealkylation sites (tertiary alicyclic amines) is 1. The van der Waals surface area contributed by atoms with Crippen molar-refractivity contribution in [3.63, 3.8) is 0 Å². The molecule has 0 radical (unpaired) electrons. The standard InChI is InChI=1S/C22H25N3O2/c26-21-15-18(27-14-13-25-11-5-2-6-12-25)9-10-19(21)22-20(16-23-24-22)17-7-3-1-4-8-17/h1,3-4,7-10,15-16,26H,2,5-6,11-14H2,(H,23,24)/p+1. The van der Waals surface area contributed by atoms with Crippen molar-refractivity contribution in [1.29, 1.82) is 0 Å². The van der Waals surface area contributed by atoms with Gasteiger partial charge < -0.3 is 14.7 Å². The summed E-state index contributed by atoms with van der Waals surface area (Å²) in [6.45, 7) is 4.18. The van der Waals surface area contributed by atoms with Gasteiger partial charge in [0.1, 0.15) is 24.7 Å². The van der Waals surface area contributed by atoms with Crippen LogP contribution in [0, 0.1) is 0 Å². The highest BCUT2D eigenvalue weighted by molar-refractivity contribution is 5.83. The smallest absolute Gasteiger partial charge is 0.137 e. The first-order valence-electron chi connectivity index (χ1n) is 9.70. The van der Waals surface area contributed by atoms with Gasteiger partial charge in [-0.2, -0.15) is 5.10 Å². The van der Waals surface area contributed by atoms with Gasteiger partial charge in [0.05, 0.1) is 25.0 Å². The lowest BCUT2D eigenvalue weighted by molar-refractivity contribution is -0.904. The lowest BCUT2D eigenvalue weighted by Gasteiger charge is -2.23. The third-order valence-corrected chi connectivity index (χ3v) is 5.25. The number of nitrogens with one attached hydrogen (secondary N) is 2. The van der Waals surface area contributed by atoms with Crippen LogP contribution in [0.15, 0.2) is 54.7 Å². The summed E-state index contributed by atoms with van der Waals surface area (Å²) < 4.78 is 5.87. The van der Waals surface area contributed by atoms with E-state index in [2.05, 4.69) is 10.2 Å². The molecule has 5 heteroatoms. The van der Waals surface area contributed by atoms with Gasteiger partial charge in [-0.3, -0.25) is 5.10 Å². The van der Waals surface area contributed by atoms with Crippen molar-refractivity contribution in [2.45, 2.75) is 19.3 Å². The van der Waals surface area contributed by atoms with Crippen LogP contribution in [0.25, 0.3) is 22.4 Å². The van der Waals surface area contributed by atoms with Gasteiger partial charge in [-0.15, -0.1) is 0 Å². The minimum absolute atomic E-state index is 0.194. The zero-order valence-corrected chi connectivity index (χ0v) is 15.4. The molecule has 4 rings (SSSR count). The van der Waals surface area contributed by atoms with Crippen molar-refractivity contribution in [3.8, 4) is 33.9 Å². The summed E-state index contributed by atoms with van der Waals surface area (Å²) >= 11 is 0. The normalized spacial score (nSPS) is 15.0. The number of ether oxygens (including phenoxy) is 1. The molecule has 3 N–H and O–H groups in total. The number of quaternary nitrogens is 1. The van der Waals surface area contributed by atoms with Gasteiger partial charge in [-0.25, -0.2) is 0 Å². The molecule has 0 saturated carbocycles. The summed E-state index contributed by atoms with van der Waals surface area (Å²) in [5, 5.41) is 17.7. The van der Waals surface area contributed by atoms with Crippen LogP contribution in [0.3, 0.4) is 0 Å². The number of H-pyrrole nitrogens is 1. The Hall–Kier alpha value is -2.79. The molecule has 140 valence electrons. The molecule has 0 aliphatic carbocycles. The molecule has 0 atom stereocenters. The summed E-state index contributed by atoms with van der Waals surface area (Å²) in [6.07, 6.45) is 5.78. The SMILES string of the molecule is Oc1cc(OCC[NH+]2CCCCC2)ccc1-c1[nH]ncc1-c1ccccc1. The minimum atomic E-state index is 0.194. The molecule has 0 unspecified atom stereocenters. The Balaban J connectivity index is 1.46. The fourth-order valence-electron chi connectivity index (χ4n) is 3.76. The molecule has 2 aromatic carbocycles. The second-order valence-electron chi connectivity index (χ2n) is 7.11. The summed E-state index contributed by atoms with van der Waals surface area (Å²) in [4.78, 5) is 1.62. The Morgan fingerprint density at radius 3 is 2.59 bits per heavy atom. The van der Waals surface area contributed by atoms with E-state index in [1.165, 1.54) is 32.4 Å². The average molecular weight is 364 g/mol. The predicted molar refractivity (Wildman–Crippen MR) is 106 cm³/mol. The second kappa shape index (κ2) is 8.27. The molecular weight excluding hydrogens is 338 g/mol. The number of nitrogens with zero attached hydrogens (tertiary/aromatic N) is 1. The lowest BCUT2D eigenvalue weighted by atomic mass is 10.0. The Labute approximate surface area is 159 Å². The number of phenolic OH excluding ortho intramolecular Hbond substituents is 1. The fourth-order valence-corrected chi connectivity index (χ4v) is 3.76. The topological polar surface area (TPSA) is 62.6 Å². The van der Waals surface area contributed by atoms with Gasteiger partial charge >= 0.3 is 0 Å². The number of rotatable bonds is 6. The largest absolute Gasteiger partial charge is 0.507 e. The van der Waals surface area contributed by atoms with Crippen molar-refractivity contribution >= 4 is 0 Å². The monoisotopic (exact) mass is 364 g/mol. The van der Waals surface area contributed by atoms with E-state index in [9.17, 15) is 5.11 Å². The van der Waals surface area contributed by atoms with E-state index in [0.717, 1.165) is 28.9 Å². The summed E-state index contributed by atoms with van der Waals surface area (Å²) in [5.74, 6) is 0.896. The number of hydrogen-bond acceptors (Lipinski definition) is 3. The van der Waals surface area contributed by atoms with E-state index < -0.39 is 0 Å². The van der Waals surface area contributed by atoms with E-state index in [1.54, 1.807) is 17.2 Å². The highest BCUT2D eigenvalue weighted by Crippen LogP contribution is 2.36. The van der Waals surface area contributed by atoms with Gasteiger partial charge in [0.15, 0.2) is 0 Å². The van der Waals surface area contributed by atoms with Crippen molar-refractivity contribution < 1.29 is 14.7 Å². The van der Waals surface area contributed by atoms with Gasteiger partial charge in [-0.05, 0) is 37.0 Å². The Bertz CT molecular complexity index is 870. The molecule has 3 aromatic rings. The van der Waals surface area contributed by atoms with E-state index in [0.29, 0.717) is 12.4 Å². The molecule has 0 bridgehead atoms. The van der Waals surface area contributed by atoms with Gasteiger partial charge in [0, 0.05) is 17.2 Å². The molecule has 1 aromatic heterocycles. The maximum atomic E-state index is 10.5. The highest BCUT2D eigenvalue weighted by Gasteiger charge is 2.15. The van der Waals surface area contributed by atoms with Crippen molar-refractivity contribution in [2.75, 3.05) is 26.2 Å². The number of hydrogen-bond donors (Lipinski definition) is 3. The second-order valence-corrected chi connectivity index (χ2v) is 7.11. The molecule has 0 spiro atoms. The quantitative estimate of drug-likeness (QED) is 0.630. The Morgan fingerprint density at radius 2 is 1.81 bits per heavy atom. The van der Waals surface area contributed by atoms with Crippen LogP contribution in [0.4, 0.5) is 0 Å². The number of aromatic nitrogens is 2. The van der Waals surface area contributed by atoms with Gasteiger partial charge in [-0.1, -0.05) is 30.3 Å². The van der Waals surface area contributed by atoms with Crippen molar-refractivity contribution in [2.24, 2.45) is 0 Å². The van der Waals surface area contributed by atoms with Crippen LogP contribution < -0.4 is 9.64 Å². The van der Waals surface area contributed by atoms with Crippen LogP contribution >= 0.6 is 0 Å². The summed E-state index contributed by atoms with van der Waals surface area (Å²) in [5.41, 5.74) is 3.56. The van der Waals surface area contributed by atoms with Crippen LogP contribution in [0.2, 0.25) is 0 Å².